The quantitative estimate of drug-likeness (QED) is 0.749. The highest BCUT2D eigenvalue weighted by Crippen LogP contribution is 2.35. The number of pyridine rings is 1. The van der Waals surface area contributed by atoms with Gasteiger partial charge in [-0.2, -0.15) is 0 Å². The second-order valence-corrected chi connectivity index (χ2v) is 9.43. The van der Waals surface area contributed by atoms with Crippen LogP contribution in [-0.2, 0) is 16.1 Å². The van der Waals surface area contributed by atoms with E-state index in [-0.39, 0.29) is 17.6 Å². The number of rotatable bonds is 5. The van der Waals surface area contributed by atoms with Gasteiger partial charge in [-0.1, -0.05) is 24.3 Å². The number of para-hydroxylation sites is 1. The molecule has 170 valence electrons. The number of aromatic nitrogens is 1. The van der Waals surface area contributed by atoms with Crippen LogP contribution < -0.4 is 10.9 Å². The number of benzene rings is 1. The summed E-state index contributed by atoms with van der Waals surface area (Å²) in [5.74, 6) is 0.609. The lowest BCUT2D eigenvalue weighted by Gasteiger charge is -2.43. The van der Waals surface area contributed by atoms with Gasteiger partial charge in [0.25, 0.3) is 11.5 Å². The fourth-order valence-corrected chi connectivity index (χ4v) is 5.56. The smallest absolute Gasteiger partial charge is 0.256 e. The predicted octanol–water partition coefficient (Wildman–Crippen LogP) is 2.20. The number of nitrogens with zero attached hydrogens (tertiary/aromatic N) is 2. The molecule has 3 aliphatic rings. The summed E-state index contributed by atoms with van der Waals surface area (Å²) in [6.45, 7) is 3.64. The molecular weight excluding hydrogens is 406 g/mol. The van der Waals surface area contributed by atoms with Gasteiger partial charge in [0.15, 0.2) is 6.10 Å². The van der Waals surface area contributed by atoms with E-state index in [1.54, 1.807) is 6.07 Å². The number of hydrogen-bond donors (Lipinski definition) is 2. The highest BCUT2D eigenvalue weighted by atomic mass is 16.5. The van der Waals surface area contributed by atoms with Crippen LogP contribution in [-0.4, -0.2) is 58.4 Å². The number of piperidine rings is 1. The first-order chi connectivity index (χ1) is 15.6. The molecule has 32 heavy (non-hydrogen) atoms. The summed E-state index contributed by atoms with van der Waals surface area (Å²) in [4.78, 5) is 27.4. The lowest BCUT2D eigenvalue weighted by Crippen LogP contribution is -2.49. The average molecular weight is 438 g/mol. The minimum atomic E-state index is -0.839. The number of nitrogens with one attached hydrogen (secondary N) is 1. The Balaban J connectivity index is 1.17. The maximum absolute atomic E-state index is 12.7. The SMILES string of the molecule is O=C(Nc1ccccc1)[C@H]1O[C@H](CCN2C[C@@H]3C[C@H](C2)c2cccc(=O)n2C3)CC[C@@H]1O. The van der Waals surface area contributed by atoms with Crippen molar-refractivity contribution in [1.82, 2.24) is 9.47 Å². The minimum absolute atomic E-state index is 0.0402. The Morgan fingerprint density at radius 2 is 1.91 bits per heavy atom. The monoisotopic (exact) mass is 437 g/mol. The van der Waals surface area contributed by atoms with E-state index < -0.39 is 12.2 Å². The molecule has 1 amide bonds. The molecular formula is C25H31N3O4. The van der Waals surface area contributed by atoms with Crippen molar-refractivity contribution in [3.8, 4) is 0 Å². The van der Waals surface area contributed by atoms with E-state index in [1.165, 1.54) is 0 Å². The van der Waals surface area contributed by atoms with Gasteiger partial charge in [0.05, 0.1) is 12.2 Å². The Hall–Kier alpha value is -2.48. The maximum atomic E-state index is 12.7. The van der Waals surface area contributed by atoms with Gasteiger partial charge in [0, 0.05) is 49.5 Å². The zero-order valence-electron chi connectivity index (χ0n) is 18.2. The molecule has 0 aliphatic carbocycles. The van der Waals surface area contributed by atoms with E-state index in [4.69, 9.17) is 4.74 Å². The van der Waals surface area contributed by atoms with Crippen LogP contribution in [0.15, 0.2) is 53.3 Å². The molecule has 7 nitrogen and oxygen atoms in total. The molecule has 0 saturated carbocycles. The molecule has 2 fully saturated rings. The largest absolute Gasteiger partial charge is 0.390 e. The van der Waals surface area contributed by atoms with Crippen molar-refractivity contribution in [1.29, 1.82) is 0 Å². The van der Waals surface area contributed by atoms with Crippen molar-refractivity contribution < 1.29 is 14.6 Å². The van der Waals surface area contributed by atoms with Gasteiger partial charge in [-0.15, -0.1) is 0 Å². The highest BCUT2D eigenvalue weighted by Gasteiger charge is 2.37. The first-order valence-electron chi connectivity index (χ1n) is 11.7. The van der Waals surface area contributed by atoms with Gasteiger partial charge in [0.1, 0.15) is 0 Å². The van der Waals surface area contributed by atoms with Crippen LogP contribution in [0.2, 0.25) is 0 Å². The summed E-state index contributed by atoms with van der Waals surface area (Å²) in [6, 6.07) is 14.9. The molecule has 7 heteroatoms. The van der Waals surface area contributed by atoms with Crippen molar-refractivity contribution in [2.45, 2.75) is 56.5 Å². The van der Waals surface area contributed by atoms with Crippen LogP contribution in [0, 0.1) is 5.92 Å². The summed E-state index contributed by atoms with van der Waals surface area (Å²) < 4.78 is 8.01. The Labute approximate surface area is 188 Å². The van der Waals surface area contributed by atoms with Crippen molar-refractivity contribution in [3.63, 3.8) is 0 Å². The Bertz CT molecular complexity index is 1010. The molecule has 2 aromatic rings. The summed E-state index contributed by atoms with van der Waals surface area (Å²) in [7, 11) is 0. The third-order valence-electron chi connectivity index (χ3n) is 7.10. The number of fused-ring (bicyclic) bond motifs is 4. The van der Waals surface area contributed by atoms with E-state index in [2.05, 4.69) is 16.3 Å². The molecule has 1 aromatic heterocycles. The van der Waals surface area contributed by atoms with Gasteiger partial charge in [-0.3, -0.25) is 9.59 Å². The first kappa shape index (κ1) is 21.4. The molecule has 0 spiro atoms. The van der Waals surface area contributed by atoms with Crippen molar-refractivity contribution in [2.24, 2.45) is 5.92 Å². The molecule has 3 aliphatic heterocycles. The van der Waals surface area contributed by atoms with Crippen molar-refractivity contribution >= 4 is 11.6 Å². The Kier molecular flexibility index (Phi) is 6.13. The molecule has 2 bridgehead atoms. The number of ether oxygens (including phenoxy) is 1. The lowest BCUT2D eigenvalue weighted by molar-refractivity contribution is -0.153. The van der Waals surface area contributed by atoms with E-state index in [0.717, 1.165) is 51.1 Å². The zero-order valence-corrected chi connectivity index (χ0v) is 18.2. The summed E-state index contributed by atoms with van der Waals surface area (Å²) in [5.41, 5.74) is 1.97. The standard InChI is InChI=1S/C25H31N3O4/c29-22-10-9-20(32-24(22)25(31)26-19-5-2-1-3-6-19)11-12-27-14-17-13-18(16-27)21-7-4-8-23(30)28(21)15-17/h1-8,17-18,20,22,24,29H,9-16H2,(H,26,31)/t17-,18+,20-,22-,24-/m0/s1. The Morgan fingerprint density at radius 3 is 2.75 bits per heavy atom. The van der Waals surface area contributed by atoms with E-state index in [9.17, 15) is 14.7 Å². The fourth-order valence-electron chi connectivity index (χ4n) is 5.56. The van der Waals surface area contributed by atoms with E-state index >= 15 is 0 Å². The van der Waals surface area contributed by atoms with Crippen LogP contribution in [0.1, 0.15) is 37.3 Å². The molecule has 5 atom stereocenters. The number of aliphatic hydroxyl groups is 1. The van der Waals surface area contributed by atoms with Gasteiger partial charge in [0.2, 0.25) is 0 Å². The highest BCUT2D eigenvalue weighted by molar-refractivity contribution is 5.94. The average Bonchev–Trinajstić information content (AvgIpc) is 2.80. The third-order valence-corrected chi connectivity index (χ3v) is 7.10. The summed E-state index contributed by atoms with van der Waals surface area (Å²) >= 11 is 0. The molecule has 0 radical (unpaired) electrons. The summed E-state index contributed by atoms with van der Waals surface area (Å²) in [6.07, 6.45) is 1.65. The van der Waals surface area contributed by atoms with Crippen LogP contribution in [0.25, 0.3) is 0 Å². The van der Waals surface area contributed by atoms with Gasteiger partial charge >= 0.3 is 0 Å². The lowest BCUT2D eigenvalue weighted by atomic mass is 9.83. The van der Waals surface area contributed by atoms with Crippen LogP contribution in [0.5, 0.6) is 0 Å². The first-order valence-corrected chi connectivity index (χ1v) is 11.7. The molecule has 2 saturated heterocycles. The van der Waals surface area contributed by atoms with Crippen LogP contribution >= 0.6 is 0 Å². The number of hydrogen-bond acceptors (Lipinski definition) is 5. The van der Waals surface area contributed by atoms with Crippen LogP contribution in [0.3, 0.4) is 0 Å². The number of carbonyl (C=O) groups is 1. The second-order valence-electron chi connectivity index (χ2n) is 9.43. The fraction of sp³-hybridized carbons (Fsp3) is 0.520. The van der Waals surface area contributed by atoms with E-state index in [1.807, 2.05) is 41.0 Å². The van der Waals surface area contributed by atoms with Crippen molar-refractivity contribution in [3.05, 3.63) is 64.6 Å². The topological polar surface area (TPSA) is 83.8 Å². The number of anilines is 1. The second kappa shape index (κ2) is 9.17. The summed E-state index contributed by atoms with van der Waals surface area (Å²) in [5, 5.41) is 13.2. The molecule has 4 heterocycles. The molecule has 0 unspecified atom stereocenters. The maximum Gasteiger partial charge on any atom is 0.256 e. The normalized spacial score (nSPS) is 29.8. The van der Waals surface area contributed by atoms with Gasteiger partial charge in [-0.05, 0) is 49.8 Å². The molecule has 5 rings (SSSR count). The van der Waals surface area contributed by atoms with Crippen molar-refractivity contribution in [2.75, 3.05) is 25.0 Å². The predicted molar refractivity (Wildman–Crippen MR) is 122 cm³/mol. The third kappa shape index (κ3) is 4.51. The number of likely N-dealkylation sites (tertiary alicyclic amines) is 1. The number of carbonyl (C=O) groups excluding carboxylic acids is 1. The van der Waals surface area contributed by atoms with Gasteiger partial charge in [-0.25, -0.2) is 0 Å². The Morgan fingerprint density at radius 1 is 1.06 bits per heavy atom. The molecule has 2 N–H and O–H groups in total. The molecule has 1 aromatic carbocycles. The van der Waals surface area contributed by atoms with Gasteiger partial charge < -0.3 is 24.6 Å². The number of amides is 1. The number of aliphatic hydroxyl groups excluding tert-OH is 1. The zero-order chi connectivity index (χ0) is 22.1. The van der Waals surface area contributed by atoms with Crippen LogP contribution in [0.4, 0.5) is 5.69 Å². The van der Waals surface area contributed by atoms with E-state index in [0.29, 0.717) is 23.9 Å². The minimum Gasteiger partial charge on any atom is -0.390 e.